The van der Waals surface area contributed by atoms with E-state index in [-0.39, 0.29) is 12.2 Å². The number of aliphatic hydroxyl groups is 2. The summed E-state index contributed by atoms with van der Waals surface area (Å²) >= 11 is 0. The van der Waals surface area contributed by atoms with Crippen LogP contribution in [-0.2, 0) is 0 Å². The molecule has 14 heavy (non-hydrogen) atoms. The highest BCUT2D eigenvalue weighted by Crippen LogP contribution is 2.23. The Kier molecular flexibility index (Phi) is 3.42. The van der Waals surface area contributed by atoms with Crippen LogP contribution in [0.3, 0.4) is 0 Å². The van der Waals surface area contributed by atoms with Crippen molar-refractivity contribution < 1.29 is 10.2 Å². The lowest BCUT2D eigenvalue weighted by Crippen LogP contribution is -2.44. The van der Waals surface area contributed by atoms with Crippen LogP contribution >= 0.6 is 0 Å². The maximum Gasteiger partial charge on any atom is 0.0693 e. The van der Waals surface area contributed by atoms with Crippen molar-refractivity contribution in [3.8, 4) is 0 Å². The predicted molar refractivity (Wildman–Crippen MR) is 55.0 cm³/mol. The Morgan fingerprint density at radius 2 is 1.57 bits per heavy atom. The summed E-state index contributed by atoms with van der Waals surface area (Å²) in [4.78, 5) is 0. The lowest BCUT2D eigenvalue weighted by Gasteiger charge is -2.30. The van der Waals surface area contributed by atoms with E-state index < -0.39 is 0 Å². The highest BCUT2D eigenvalue weighted by atomic mass is 16.3. The summed E-state index contributed by atoms with van der Waals surface area (Å²) in [6.45, 7) is 0. The molecule has 0 amide bonds. The summed E-state index contributed by atoms with van der Waals surface area (Å²) in [5.41, 5.74) is 0. The molecule has 2 aliphatic rings. The lowest BCUT2D eigenvalue weighted by atomic mass is 9.92. The summed E-state index contributed by atoms with van der Waals surface area (Å²) in [5.74, 6) is 0. The van der Waals surface area contributed by atoms with E-state index in [9.17, 15) is 10.2 Å². The van der Waals surface area contributed by atoms with Crippen LogP contribution in [0.1, 0.15) is 44.9 Å². The molecule has 2 fully saturated rings. The molecule has 0 spiro atoms. The van der Waals surface area contributed by atoms with Crippen molar-refractivity contribution in [3.63, 3.8) is 0 Å². The summed E-state index contributed by atoms with van der Waals surface area (Å²) in [6.07, 6.45) is 6.94. The summed E-state index contributed by atoms with van der Waals surface area (Å²) < 4.78 is 0. The Morgan fingerprint density at radius 3 is 2.14 bits per heavy atom. The van der Waals surface area contributed by atoms with Gasteiger partial charge < -0.3 is 15.5 Å². The topological polar surface area (TPSA) is 52.5 Å². The van der Waals surface area contributed by atoms with Gasteiger partial charge in [-0.25, -0.2) is 0 Å². The maximum absolute atomic E-state index is 9.66. The maximum atomic E-state index is 9.66. The molecule has 0 radical (unpaired) electrons. The Bertz CT molecular complexity index is 178. The average molecular weight is 199 g/mol. The standard InChI is InChI=1S/C11H21NO2/c13-9-6-4-8(5-7-9)12-10-2-1-3-11(10)14/h8-14H,1-7H2/t8?,9?,10-,11-/m0/s1. The van der Waals surface area contributed by atoms with Crippen molar-refractivity contribution in [2.45, 2.75) is 69.2 Å². The Hall–Kier alpha value is -0.120. The zero-order valence-electron chi connectivity index (χ0n) is 8.65. The molecule has 0 bridgehead atoms. The molecule has 2 atom stereocenters. The largest absolute Gasteiger partial charge is 0.393 e. The van der Waals surface area contributed by atoms with E-state index in [4.69, 9.17) is 0 Å². The first-order valence-electron chi connectivity index (χ1n) is 5.88. The number of aliphatic hydroxyl groups excluding tert-OH is 2. The monoisotopic (exact) mass is 199 g/mol. The Morgan fingerprint density at radius 1 is 0.857 bits per heavy atom. The fourth-order valence-electron chi connectivity index (χ4n) is 2.68. The second-order valence-corrected chi connectivity index (χ2v) is 4.78. The molecule has 3 nitrogen and oxygen atoms in total. The molecule has 2 aliphatic carbocycles. The number of rotatable bonds is 2. The van der Waals surface area contributed by atoms with Crippen LogP contribution in [0.2, 0.25) is 0 Å². The van der Waals surface area contributed by atoms with Gasteiger partial charge in [-0.15, -0.1) is 0 Å². The van der Waals surface area contributed by atoms with Gasteiger partial charge in [0.2, 0.25) is 0 Å². The minimum Gasteiger partial charge on any atom is -0.393 e. The van der Waals surface area contributed by atoms with E-state index in [0.717, 1.165) is 44.9 Å². The first kappa shape index (κ1) is 10.4. The average Bonchev–Trinajstić information content (AvgIpc) is 2.56. The van der Waals surface area contributed by atoms with E-state index in [2.05, 4.69) is 5.32 Å². The first-order valence-corrected chi connectivity index (χ1v) is 5.88. The second-order valence-electron chi connectivity index (χ2n) is 4.78. The predicted octanol–water partition coefficient (Wildman–Crippen LogP) is 0.793. The first-order chi connectivity index (χ1) is 6.75. The molecule has 2 saturated carbocycles. The highest BCUT2D eigenvalue weighted by molar-refractivity contribution is 4.87. The van der Waals surface area contributed by atoms with Gasteiger partial charge >= 0.3 is 0 Å². The van der Waals surface area contributed by atoms with Gasteiger partial charge in [0, 0.05) is 12.1 Å². The van der Waals surface area contributed by atoms with Gasteiger partial charge in [-0.2, -0.15) is 0 Å². The van der Waals surface area contributed by atoms with Crippen LogP contribution < -0.4 is 5.32 Å². The molecule has 3 heteroatoms. The van der Waals surface area contributed by atoms with E-state index in [1.54, 1.807) is 0 Å². The zero-order valence-corrected chi connectivity index (χ0v) is 8.65. The molecule has 0 heterocycles. The lowest BCUT2D eigenvalue weighted by molar-refractivity contribution is 0.0999. The molecule has 0 aromatic heterocycles. The van der Waals surface area contributed by atoms with E-state index in [1.807, 2.05) is 0 Å². The summed E-state index contributed by atoms with van der Waals surface area (Å²) in [7, 11) is 0. The van der Waals surface area contributed by atoms with Crippen LogP contribution in [0.5, 0.6) is 0 Å². The smallest absolute Gasteiger partial charge is 0.0693 e. The van der Waals surface area contributed by atoms with Crippen molar-refractivity contribution in [1.29, 1.82) is 0 Å². The zero-order chi connectivity index (χ0) is 9.97. The van der Waals surface area contributed by atoms with Gasteiger partial charge in [0.15, 0.2) is 0 Å². The molecule has 0 saturated heterocycles. The molecule has 0 aromatic carbocycles. The van der Waals surface area contributed by atoms with Crippen LogP contribution in [0.25, 0.3) is 0 Å². The van der Waals surface area contributed by atoms with Crippen LogP contribution in [-0.4, -0.2) is 34.5 Å². The van der Waals surface area contributed by atoms with Gasteiger partial charge in [0.25, 0.3) is 0 Å². The van der Waals surface area contributed by atoms with E-state index in [0.29, 0.717) is 12.1 Å². The fourth-order valence-corrected chi connectivity index (χ4v) is 2.68. The Labute approximate surface area is 85.5 Å². The van der Waals surface area contributed by atoms with Crippen molar-refractivity contribution in [1.82, 2.24) is 5.32 Å². The third-order valence-electron chi connectivity index (χ3n) is 3.63. The van der Waals surface area contributed by atoms with Gasteiger partial charge in [-0.1, -0.05) is 0 Å². The van der Waals surface area contributed by atoms with E-state index in [1.165, 1.54) is 0 Å². The normalized spacial score (nSPS) is 44.1. The minimum atomic E-state index is -0.137. The quantitative estimate of drug-likeness (QED) is 0.616. The number of hydrogen-bond donors (Lipinski definition) is 3. The van der Waals surface area contributed by atoms with Crippen LogP contribution in [0.4, 0.5) is 0 Å². The molecule has 2 rings (SSSR count). The molecule has 0 aliphatic heterocycles. The molecule has 3 N–H and O–H groups in total. The molecule has 0 aromatic rings. The molecular formula is C11H21NO2. The van der Waals surface area contributed by atoms with Crippen molar-refractivity contribution in [2.24, 2.45) is 0 Å². The van der Waals surface area contributed by atoms with Crippen molar-refractivity contribution in [2.75, 3.05) is 0 Å². The van der Waals surface area contributed by atoms with Gasteiger partial charge in [-0.05, 0) is 44.9 Å². The molecule has 82 valence electrons. The van der Waals surface area contributed by atoms with Crippen molar-refractivity contribution >= 4 is 0 Å². The third kappa shape index (κ3) is 2.47. The van der Waals surface area contributed by atoms with E-state index >= 15 is 0 Å². The van der Waals surface area contributed by atoms with Gasteiger partial charge in [-0.3, -0.25) is 0 Å². The molecule has 0 unspecified atom stereocenters. The second kappa shape index (κ2) is 4.60. The fraction of sp³-hybridized carbons (Fsp3) is 1.00. The summed E-state index contributed by atoms with van der Waals surface area (Å²) in [6, 6.07) is 0.839. The number of hydrogen-bond acceptors (Lipinski definition) is 3. The highest BCUT2D eigenvalue weighted by Gasteiger charge is 2.28. The minimum absolute atomic E-state index is 0.0819. The SMILES string of the molecule is OC1CCC(N[C@H]2CCC[C@@H]2O)CC1. The Balaban J connectivity index is 1.74. The third-order valence-corrected chi connectivity index (χ3v) is 3.63. The van der Waals surface area contributed by atoms with Crippen LogP contribution in [0.15, 0.2) is 0 Å². The van der Waals surface area contributed by atoms with Crippen molar-refractivity contribution in [3.05, 3.63) is 0 Å². The van der Waals surface area contributed by atoms with Gasteiger partial charge in [0.05, 0.1) is 12.2 Å². The molecular weight excluding hydrogens is 178 g/mol. The van der Waals surface area contributed by atoms with Crippen LogP contribution in [0, 0.1) is 0 Å². The summed E-state index contributed by atoms with van der Waals surface area (Å²) in [5, 5.41) is 22.5. The van der Waals surface area contributed by atoms with Gasteiger partial charge in [0.1, 0.15) is 0 Å². The number of nitrogens with one attached hydrogen (secondary N) is 1.